The second kappa shape index (κ2) is 3.03. The van der Waals surface area contributed by atoms with Crippen LogP contribution < -0.4 is 10.6 Å². The molecule has 0 aliphatic heterocycles. The molecule has 0 fully saturated rings. The van der Waals surface area contributed by atoms with E-state index < -0.39 is 0 Å². The first-order valence-electron chi connectivity index (χ1n) is 3.20. The van der Waals surface area contributed by atoms with Gasteiger partial charge in [-0.05, 0) is 12.1 Å². The normalized spacial score (nSPS) is 9.90. The lowest BCUT2D eigenvalue weighted by atomic mass is 10.5. The van der Waals surface area contributed by atoms with Crippen molar-refractivity contribution in [3.8, 4) is 0 Å². The second-order valence-electron chi connectivity index (χ2n) is 2.34. The van der Waals surface area contributed by atoms with Crippen LogP contribution in [0.25, 0.3) is 0 Å². The molecule has 0 aliphatic carbocycles. The van der Waals surface area contributed by atoms with Crippen molar-refractivity contribution in [2.24, 2.45) is 5.73 Å². The van der Waals surface area contributed by atoms with E-state index in [0.29, 0.717) is 6.54 Å². The van der Waals surface area contributed by atoms with Crippen molar-refractivity contribution in [2.45, 2.75) is 6.54 Å². The molecule has 0 saturated heterocycles. The first-order chi connectivity index (χ1) is 4.74. The molecule has 1 aromatic heterocycles. The average molecular weight is 156 g/mol. The number of hydrogen-bond donors (Lipinski definition) is 1. The van der Waals surface area contributed by atoms with Crippen LogP contribution in [-0.4, -0.2) is 14.1 Å². The zero-order valence-electron chi connectivity index (χ0n) is 6.29. The summed E-state index contributed by atoms with van der Waals surface area (Å²) in [4.78, 5) is 3.33. The van der Waals surface area contributed by atoms with Gasteiger partial charge in [0, 0.05) is 25.5 Å². The molecule has 0 spiro atoms. The van der Waals surface area contributed by atoms with Crippen LogP contribution in [0.4, 0.5) is 5.00 Å². The van der Waals surface area contributed by atoms with E-state index >= 15 is 0 Å². The van der Waals surface area contributed by atoms with Gasteiger partial charge in [0.25, 0.3) is 0 Å². The van der Waals surface area contributed by atoms with E-state index in [1.165, 1.54) is 9.88 Å². The molecule has 0 radical (unpaired) electrons. The second-order valence-corrected chi connectivity index (χ2v) is 3.49. The molecular formula is C7H12N2S. The summed E-state index contributed by atoms with van der Waals surface area (Å²) in [6, 6.07) is 4.16. The van der Waals surface area contributed by atoms with E-state index in [2.05, 4.69) is 17.0 Å². The Morgan fingerprint density at radius 3 is 2.50 bits per heavy atom. The van der Waals surface area contributed by atoms with Gasteiger partial charge >= 0.3 is 0 Å². The molecule has 0 aromatic carbocycles. The number of anilines is 1. The van der Waals surface area contributed by atoms with E-state index in [0.717, 1.165) is 0 Å². The summed E-state index contributed by atoms with van der Waals surface area (Å²) in [7, 11) is 4.07. The van der Waals surface area contributed by atoms with Crippen LogP contribution in [0.2, 0.25) is 0 Å². The third-order valence-corrected chi connectivity index (χ3v) is 2.56. The smallest absolute Gasteiger partial charge is 0.0906 e. The minimum Gasteiger partial charge on any atom is -0.370 e. The van der Waals surface area contributed by atoms with Gasteiger partial charge in [0.05, 0.1) is 5.00 Å². The van der Waals surface area contributed by atoms with Crippen LogP contribution >= 0.6 is 11.3 Å². The fourth-order valence-electron chi connectivity index (χ4n) is 0.717. The van der Waals surface area contributed by atoms with Gasteiger partial charge in [0.15, 0.2) is 0 Å². The Morgan fingerprint density at radius 1 is 1.50 bits per heavy atom. The van der Waals surface area contributed by atoms with Crippen LogP contribution in [0.5, 0.6) is 0 Å². The molecule has 0 aliphatic rings. The highest BCUT2D eigenvalue weighted by Gasteiger charge is 1.98. The van der Waals surface area contributed by atoms with Crippen LogP contribution in [0.15, 0.2) is 12.1 Å². The predicted octanol–water partition coefficient (Wildman–Crippen LogP) is 1.27. The van der Waals surface area contributed by atoms with Crippen LogP contribution in [0, 0.1) is 0 Å². The number of thiophene rings is 1. The molecule has 1 heterocycles. The Morgan fingerprint density at radius 2 is 2.20 bits per heavy atom. The van der Waals surface area contributed by atoms with Gasteiger partial charge in [-0.25, -0.2) is 0 Å². The third kappa shape index (κ3) is 1.49. The van der Waals surface area contributed by atoms with Gasteiger partial charge in [0.2, 0.25) is 0 Å². The van der Waals surface area contributed by atoms with Crippen molar-refractivity contribution in [3.05, 3.63) is 17.0 Å². The highest BCUT2D eigenvalue weighted by molar-refractivity contribution is 7.16. The minimum atomic E-state index is 0.651. The summed E-state index contributed by atoms with van der Waals surface area (Å²) in [5.41, 5.74) is 5.46. The molecule has 0 atom stereocenters. The molecule has 1 aromatic rings. The van der Waals surface area contributed by atoms with Crippen molar-refractivity contribution >= 4 is 16.3 Å². The Labute approximate surface area is 65.3 Å². The minimum absolute atomic E-state index is 0.651. The van der Waals surface area contributed by atoms with E-state index in [4.69, 9.17) is 5.73 Å². The lowest BCUT2D eigenvalue weighted by molar-refractivity contribution is 1.11. The standard InChI is InChI=1S/C7H12N2S/c1-9(2)7-4-3-6(5-8)10-7/h3-4H,5,8H2,1-2H3. The summed E-state index contributed by atoms with van der Waals surface area (Å²) >= 11 is 1.74. The van der Waals surface area contributed by atoms with Gasteiger partial charge in [-0.2, -0.15) is 0 Å². The van der Waals surface area contributed by atoms with Crippen molar-refractivity contribution < 1.29 is 0 Å². The fraction of sp³-hybridized carbons (Fsp3) is 0.429. The first-order valence-corrected chi connectivity index (χ1v) is 4.02. The van der Waals surface area contributed by atoms with Gasteiger partial charge in [0.1, 0.15) is 0 Å². The number of nitrogens with two attached hydrogens (primary N) is 1. The van der Waals surface area contributed by atoms with Gasteiger partial charge in [-0.3, -0.25) is 0 Å². The summed E-state index contributed by atoms with van der Waals surface area (Å²) in [6.45, 7) is 0.651. The Hall–Kier alpha value is -0.540. The van der Waals surface area contributed by atoms with Gasteiger partial charge in [-0.1, -0.05) is 0 Å². The number of hydrogen-bond acceptors (Lipinski definition) is 3. The Bertz CT molecular complexity index is 205. The van der Waals surface area contributed by atoms with Gasteiger partial charge in [-0.15, -0.1) is 11.3 Å². The average Bonchev–Trinajstić information content (AvgIpc) is 2.34. The molecule has 56 valence electrons. The molecule has 0 unspecified atom stereocenters. The predicted molar refractivity (Wildman–Crippen MR) is 46.5 cm³/mol. The number of nitrogens with zero attached hydrogens (tertiary/aromatic N) is 1. The lowest BCUT2D eigenvalue weighted by Crippen LogP contribution is -2.05. The van der Waals surface area contributed by atoms with Crippen molar-refractivity contribution in [1.82, 2.24) is 0 Å². The highest BCUT2D eigenvalue weighted by atomic mass is 32.1. The molecule has 3 heteroatoms. The van der Waals surface area contributed by atoms with E-state index in [1.54, 1.807) is 11.3 Å². The van der Waals surface area contributed by atoms with Crippen molar-refractivity contribution in [3.63, 3.8) is 0 Å². The molecule has 2 N–H and O–H groups in total. The van der Waals surface area contributed by atoms with E-state index in [-0.39, 0.29) is 0 Å². The monoisotopic (exact) mass is 156 g/mol. The maximum Gasteiger partial charge on any atom is 0.0906 e. The Balaban J connectivity index is 2.78. The van der Waals surface area contributed by atoms with Gasteiger partial charge < -0.3 is 10.6 Å². The molecule has 10 heavy (non-hydrogen) atoms. The van der Waals surface area contributed by atoms with E-state index in [1.807, 2.05) is 14.1 Å². The lowest BCUT2D eigenvalue weighted by Gasteiger charge is -2.06. The zero-order valence-corrected chi connectivity index (χ0v) is 7.11. The molecule has 0 amide bonds. The fourth-order valence-corrected chi connectivity index (χ4v) is 1.52. The summed E-state index contributed by atoms with van der Waals surface area (Å²) in [5, 5.41) is 1.26. The number of rotatable bonds is 2. The van der Waals surface area contributed by atoms with E-state index in [9.17, 15) is 0 Å². The van der Waals surface area contributed by atoms with Crippen LogP contribution in [0.3, 0.4) is 0 Å². The van der Waals surface area contributed by atoms with Crippen LogP contribution in [-0.2, 0) is 6.54 Å². The molecule has 2 nitrogen and oxygen atoms in total. The summed E-state index contributed by atoms with van der Waals surface area (Å²) in [5.74, 6) is 0. The molecule has 0 saturated carbocycles. The SMILES string of the molecule is CN(C)c1ccc(CN)s1. The zero-order chi connectivity index (χ0) is 7.56. The topological polar surface area (TPSA) is 29.3 Å². The highest BCUT2D eigenvalue weighted by Crippen LogP contribution is 2.23. The summed E-state index contributed by atoms with van der Waals surface area (Å²) in [6.07, 6.45) is 0. The molecule has 1 rings (SSSR count). The molecule has 0 bridgehead atoms. The first kappa shape index (κ1) is 7.57. The third-order valence-electron chi connectivity index (χ3n) is 1.29. The quantitative estimate of drug-likeness (QED) is 0.698. The summed E-state index contributed by atoms with van der Waals surface area (Å²) < 4.78 is 0. The maximum atomic E-state index is 5.46. The van der Waals surface area contributed by atoms with Crippen molar-refractivity contribution in [1.29, 1.82) is 0 Å². The Kier molecular flexibility index (Phi) is 2.29. The maximum absolute atomic E-state index is 5.46. The van der Waals surface area contributed by atoms with Crippen molar-refractivity contribution in [2.75, 3.05) is 19.0 Å². The van der Waals surface area contributed by atoms with Crippen LogP contribution in [0.1, 0.15) is 4.88 Å². The largest absolute Gasteiger partial charge is 0.370 e. The molecular weight excluding hydrogens is 144 g/mol.